The maximum absolute atomic E-state index is 12.6. The van der Waals surface area contributed by atoms with Crippen molar-refractivity contribution < 1.29 is 52.5 Å². The predicted molar refractivity (Wildman–Crippen MR) is 209 cm³/mol. The van der Waals surface area contributed by atoms with Crippen molar-refractivity contribution in [2.24, 2.45) is 5.92 Å². The molecule has 0 spiro atoms. The van der Waals surface area contributed by atoms with E-state index in [0.717, 1.165) is 63.7 Å². The molecule has 11 nitrogen and oxygen atoms in total. The van der Waals surface area contributed by atoms with E-state index in [1.165, 1.54) is 77.0 Å². The van der Waals surface area contributed by atoms with Crippen LogP contribution in [0.1, 0.15) is 181 Å². The average molecular weight is 777 g/mol. The van der Waals surface area contributed by atoms with Gasteiger partial charge in [0, 0.05) is 12.8 Å². The molecule has 53 heavy (non-hydrogen) atoms. The van der Waals surface area contributed by atoms with Gasteiger partial charge >= 0.3 is 19.8 Å². The van der Waals surface area contributed by atoms with Crippen LogP contribution in [0.3, 0.4) is 0 Å². The lowest BCUT2D eigenvalue weighted by Gasteiger charge is -2.20. The molecule has 0 radical (unpaired) electrons. The van der Waals surface area contributed by atoms with Crippen LogP contribution in [0.2, 0.25) is 0 Å². The first-order valence-electron chi connectivity index (χ1n) is 21.2. The fraction of sp³-hybridized carbons (Fsp3) is 0.902. The number of aliphatic hydroxyl groups is 2. The summed E-state index contributed by atoms with van der Waals surface area (Å²) in [5.74, 6) is -0.106. The summed E-state index contributed by atoms with van der Waals surface area (Å²) in [6.07, 6.45) is 29.2. The van der Waals surface area contributed by atoms with Crippen LogP contribution in [0.25, 0.3) is 0 Å². The summed E-state index contributed by atoms with van der Waals surface area (Å²) in [5, 5.41) is 18.3. The van der Waals surface area contributed by atoms with Gasteiger partial charge in [-0.3, -0.25) is 18.6 Å². The largest absolute Gasteiger partial charge is 0.472 e. The number of carbonyl (C=O) groups is 2. The van der Waals surface area contributed by atoms with E-state index in [0.29, 0.717) is 25.0 Å². The van der Waals surface area contributed by atoms with Gasteiger partial charge in [-0.05, 0) is 44.4 Å². The lowest BCUT2D eigenvalue weighted by atomic mass is 9.99. The fourth-order valence-corrected chi connectivity index (χ4v) is 6.88. The van der Waals surface area contributed by atoms with Gasteiger partial charge in [-0.1, -0.05) is 142 Å². The van der Waals surface area contributed by atoms with Gasteiger partial charge in [-0.2, -0.15) is 0 Å². The second-order valence-corrected chi connectivity index (χ2v) is 16.5. The number of phosphoric acid groups is 1. The van der Waals surface area contributed by atoms with Crippen LogP contribution in [-0.2, 0) is 37.4 Å². The zero-order valence-electron chi connectivity index (χ0n) is 33.6. The molecule has 0 aromatic heterocycles. The Kier molecular flexibility index (Phi) is 30.8. The van der Waals surface area contributed by atoms with Crippen molar-refractivity contribution in [1.29, 1.82) is 0 Å². The zero-order valence-corrected chi connectivity index (χ0v) is 34.5. The van der Waals surface area contributed by atoms with Crippen LogP contribution in [0.4, 0.5) is 0 Å². The third-order valence-electron chi connectivity index (χ3n) is 9.88. The standard InChI is InChI=1S/C41H77O11P/c1-4-6-21-27-38-39(52-38)28-23-18-14-11-12-15-19-24-29-40(44)48-33-37(34-50-53(46,47)49-32-36(43)31-42)51-41(45)30-25-20-16-10-8-7-9-13-17-22-26-35(3)5-2/h18,23,35-39,42-43H,4-17,19-22,24-34H2,1-3H3,(H,46,47)/b23-18-/t35?,36-,37+,38?,39?/m0/s1. The van der Waals surface area contributed by atoms with E-state index in [4.69, 9.17) is 23.8 Å². The van der Waals surface area contributed by atoms with E-state index < -0.39 is 51.8 Å². The number of ether oxygens (including phenoxy) is 3. The Morgan fingerprint density at radius 2 is 1.32 bits per heavy atom. The minimum atomic E-state index is -4.62. The highest BCUT2D eigenvalue weighted by Crippen LogP contribution is 2.43. The van der Waals surface area contributed by atoms with Crippen molar-refractivity contribution in [3.05, 3.63) is 12.2 Å². The highest BCUT2D eigenvalue weighted by atomic mass is 31.2. The second kappa shape index (κ2) is 32.9. The molecule has 312 valence electrons. The number of phosphoric ester groups is 1. The number of esters is 2. The summed E-state index contributed by atoms with van der Waals surface area (Å²) in [6.45, 7) is 4.67. The molecule has 0 aromatic rings. The lowest BCUT2D eigenvalue weighted by Crippen LogP contribution is -2.29. The first-order chi connectivity index (χ1) is 25.6. The Labute approximate surface area is 321 Å². The highest BCUT2D eigenvalue weighted by Gasteiger charge is 2.36. The molecule has 0 saturated carbocycles. The Hall–Kier alpha value is -1.33. The summed E-state index contributed by atoms with van der Waals surface area (Å²) in [5.41, 5.74) is 0. The molecular formula is C41H77O11P. The van der Waals surface area contributed by atoms with Crippen molar-refractivity contribution in [1.82, 2.24) is 0 Å². The van der Waals surface area contributed by atoms with Crippen LogP contribution in [0, 0.1) is 5.92 Å². The van der Waals surface area contributed by atoms with Crippen molar-refractivity contribution in [2.45, 2.75) is 206 Å². The molecule has 0 amide bonds. The van der Waals surface area contributed by atoms with E-state index in [2.05, 4.69) is 37.4 Å². The van der Waals surface area contributed by atoms with Crippen molar-refractivity contribution >= 4 is 19.8 Å². The van der Waals surface area contributed by atoms with Crippen molar-refractivity contribution in [2.75, 3.05) is 26.4 Å². The molecule has 1 fully saturated rings. The molecule has 3 N–H and O–H groups in total. The summed E-state index contributed by atoms with van der Waals surface area (Å²) >= 11 is 0. The van der Waals surface area contributed by atoms with Crippen LogP contribution in [0.5, 0.6) is 0 Å². The third-order valence-corrected chi connectivity index (χ3v) is 10.8. The monoisotopic (exact) mass is 777 g/mol. The minimum absolute atomic E-state index is 0.181. The number of hydrogen-bond donors (Lipinski definition) is 3. The average Bonchev–Trinajstić information content (AvgIpc) is 3.90. The Morgan fingerprint density at radius 1 is 0.736 bits per heavy atom. The Morgan fingerprint density at radius 3 is 1.94 bits per heavy atom. The number of unbranched alkanes of at least 4 members (excludes halogenated alkanes) is 16. The minimum Gasteiger partial charge on any atom is -0.462 e. The summed E-state index contributed by atoms with van der Waals surface area (Å²) < 4.78 is 38.4. The maximum Gasteiger partial charge on any atom is 0.472 e. The number of hydrogen-bond acceptors (Lipinski definition) is 10. The molecule has 0 bridgehead atoms. The number of rotatable bonds is 38. The van der Waals surface area contributed by atoms with Crippen LogP contribution in [-0.4, -0.2) is 77.9 Å². The normalized spacial score (nSPS) is 18.5. The van der Waals surface area contributed by atoms with Crippen molar-refractivity contribution in [3.8, 4) is 0 Å². The van der Waals surface area contributed by atoms with Crippen LogP contribution < -0.4 is 0 Å². The van der Waals surface area contributed by atoms with E-state index >= 15 is 0 Å². The van der Waals surface area contributed by atoms with Crippen molar-refractivity contribution in [3.63, 3.8) is 0 Å². The molecule has 1 heterocycles. The Balaban J connectivity index is 2.25. The molecule has 12 heteroatoms. The first kappa shape index (κ1) is 49.7. The van der Waals surface area contributed by atoms with E-state index in [9.17, 15) is 24.2 Å². The zero-order chi connectivity index (χ0) is 39.0. The highest BCUT2D eigenvalue weighted by molar-refractivity contribution is 7.47. The molecule has 0 aromatic carbocycles. The lowest BCUT2D eigenvalue weighted by molar-refractivity contribution is -0.161. The Bertz CT molecular complexity index is 978. The van der Waals surface area contributed by atoms with Gasteiger partial charge in [0.15, 0.2) is 6.10 Å². The first-order valence-corrected chi connectivity index (χ1v) is 22.7. The summed E-state index contributed by atoms with van der Waals surface area (Å²) in [4.78, 5) is 35.0. The van der Waals surface area contributed by atoms with Crippen LogP contribution >= 0.6 is 7.82 Å². The van der Waals surface area contributed by atoms with Gasteiger partial charge in [0.25, 0.3) is 0 Å². The number of allylic oxidation sites excluding steroid dienone is 1. The molecule has 1 saturated heterocycles. The van der Waals surface area contributed by atoms with Gasteiger partial charge in [-0.15, -0.1) is 0 Å². The van der Waals surface area contributed by atoms with E-state index in [1.54, 1.807) is 0 Å². The molecule has 4 unspecified atom stereocenters. The predicted octanol–water partition coefficient (Wildman–Crippen LogP) is 9.68. The van der Waals surface area contributed by atoms with E-state index in [-0.39, 0.29) is 19.4 Å². The number of carbonyl (C=O) groups excluding carboxylic acids is 2. The van der Waals surface area contributed by atoms with E-state index in [1.807, 2.05) is 0 Å². The van der Waals surface area contributed by atoms with Gasteiger partial charge < -0.3 is 29.3 Å². The molecule has 1 aliphatic rings. The molecular weight excluding hydrogens is 699 g/mol. The van der Waals surface area contributed by atoms with Gasteiger partial charge in [0.1, 0.15) is 12.7 Å². The number of aliphatic hydroxyl groups excluding tert-OH is 2. The topological polar surface area (TPSA) is 161 Å². The van der Waals surface area contributed by atoms with Crippen LogP contribution in [0.15, 0.2) is 12.2 Å². The summed E-state index contributed by atoms with van der Waals surface area (Å²) in [6, 6.07) is 0. The fourth-order valence-electron chi connectivity index (χ4n) is 6.09. The molecule has 0 aliphatic carbocycles. The molecule has 1 aliphatic heterocycles. The maximum atomic E-state index is 12.6. The molecule has 1 rings (SSSR count). The third kappa shape index (κ3) is 30.6. The van der Waals surface area contributed by atoms with Gasteiger partial charge in [0.05, 0.1) is 32.0 Å². The SMILES string of the molecule is CCCCCC1OC1C/C=C\CCCCCCCC(=O)OC[C@H](COP(=O)(O)OC[C@@H](O)CO)OC(=O)CCCCCCCCCCCCC(C)CC. The van der Waals surface area contributed by atoms with Gasteiger partial charge in [0.2, 0.25) is 0 Å². The smallest absolute Gasteiger partial charge is 0.462 e. The quantitative estimate of drug-likeness (QED) is 0.0180. The van der Waals surface area contributed by atoms with Gasteiger partial charge in [-0.25, -0.2) is 4.57 Å². The molecule has 6 atom stereocenters. The summed E-state index contributed by atoms with van der Waals surface area (Å²) in [7, 11) is -4.62. The second-order valence-electron chi connectivity index (χ2n) is 15.0. The number of epoxide rings is 1.